The topological polar surface area (TPSA) is 68.0 Å². The lowest BCUT2D eigenvalue weighted by Crippen LogP contribution is -2.07. The van der Waals surface area contributed by atoms with Gasteiger partial charge in [-0.1, -0.05) is 11.3 Å². The number of anilines is 2. The number of amides is 1. The Kier molecular flexibility index (Phi) is 2.09. The van der Waals surface area contributed by atoms with E-state index in [1.165, 1.54) is 18.3 Å². The van der Waals surface area contributed by atoms with E-state index < -0.39 is 0 Å². The fraction of sp³-hybridized carbons (Fsp3) is 0.333. The summed E-state index contributed by atoms with van der Waals surface area (Å²) in [6.07, 6.45) is 0. The standard InChI is InChI=1S/C6H9N3OS/c1-3(10)8-6-5(7)11-4(2)9-6/h7H2,1-2H3,(H,8,10). The molecule has 0 unspecified atom stereocenters. The van der Waals surface area contributed by atoms with E-state index in [0.717, 1.165) is 5.01 Å². The Hall–Kier alpha value is -1.10. The molecule has 0 aromatic carbocycles. The number of nitrogens with two attached hydrogens (primary N) is 1. The number of hydrogen-bond donors (Lipinski definition) is 2. The van der Waals surface area contributed by atoms with E-state index in [2.05, 4.69) is 10.3 Å². The van der Waals surface area contributed by atoms with Crippen molar-refractivity contribution in [2.45, 2.75) is 13.8 Å². The van der Waals surface area contributed by atoms with Gasteiger partial charge in [0, 0.05) is 6.92 Å². The summed E-state index contributed by atoms with van der Waals surface area (Å²) >= 11 is 1.36. The van der Waals surface area contributed by atoms with Crippen LogP contribution in [-0.2, 0) is 4.79 Å². The normalized spacial score (nSPS) is 9.64. The fourth-order valence-corrected chi connectivity index (χ4v) is 1.35. The molecule has 5 heteroatoms. The number of nitrogens with one attached hydrogen (secondary N) is 1. The summed E-state index contributed by atoms with van der Waals surface area (Å²) in [6, 6.07) is 0. The summed E-state index contributed by atoms with van der Waals surface area (Å²) < 4.78 is 0. The molecule has 0 aliphatic carbocycles. The molecule has 1 amide bonds. The lowest BCUT2D eigenvalue weighted by Gasteiger charge is -1.95. The number of carbonyl (C=O) groups is 1. The van der Waals surface area contributed by atoms with Crippen molar-refractivity contribution in [1.29, 1.82) is 0 Å². The molecule has 0 bridgehead atoms. The second-order valence-electron chi connectivity index (χ2n) is 2.13. The first kappa shape index (κ1) is 8.00. The number of hydrogen-bond acceptors (Lipinski definition) is 4. The van der Waals surface area contributed by atoms with Crippen LogP contribution in [0.25, 0.3) is 0 Å². The van der Waals surface area contributed by atoms with Gasteiger partial charge >= 0.3 is 0 Å². The molecule has 1 heterocycles. The Morgan fingerprint density at radius 1 is 1.73 bits per heavy atom. The molecule has 3 N–H and O–H groups in total. The molecular weight excluding hydrogens is 162 g/mol. The van der Waals surface area contributed by atoms with E-state index in [4.69, 9.17) is 5.73 Å². The second-order valence-corrected chi connectivity index (χ2v) is 3.36. The van der Waals surface area contributed by atoms with Gasteiger partial charge in [0.25, 0.3) is 0 Å². The van der Waals surface area contributed by atoms with Gasteiger partial charge < -0.3 is 11.1 Å². The molecule has 0 saturated carbocycles. The van der Waals surface area contributed by atoms with Crippen molar-refractivity contribution in [3.8, 4) is 0 Å². The van der Waals surface area contributed by atoms with Gasteiger partial charge in [-0.15, -0.1) is 0 Å². The maximum Gasteiger partial charge on any atom is 0.222 e. The summed E-state index contributed by atoms with van der Waals surface area (Å²) in [5, 5.41) is 3.94. The van der Waals surface area contributed by atoms with Crippen molar-refractivity contribution >= 4 is 28.1 Å². The molecule has 0 saturated heterocycles. The van der Waals surface area contributed by atoms with Gasteiger partial charge in [0.15, 0.2) is 5.82 Å². The van der Waals surface area contributed by atoms with Crippen LogP contribution in [0, 0.1) is 6.92 Å². The van der Waals surface area contributed by atoms with Crippen LogP contribution >= 0.6 is 11.3 Å². The highest BCUT2D eigenvalue weighted by Crippen LogP contribution is 2.24. The molecule has 0 atom stereocenters. The summed E-state index contributed by atoms with van der Waals surface area (Å²) in [6.45, 7) is 3.26. The van der Waals surface area contributed by atoms with Gasteiger partial charge in [-0.2, -0.15) is 0 Å². The van der Waals surface area contributed by atoms with Crippen LogP contribution in [0.15, 0.2) is 0 Å². The minimum Gasteiger partial charge on any atom is -0.387 e. The van der Waals surface area contributed by atoms with Crippen LogP contribution in [-0.4, -0.2) is 10.9 Å². The van der Waals surface area contributed by atoms with Gasteiger partial charge in [0.2, 0.25) is 5.91 Å². The molecule has 11 heavy (non-hydrogen) atoms. The fourth-order valence-electron chi connectivity index (χ4n) is 0.699. The largest absolute Gasteiger partial charge is 0.387 e. The van der Waals surface area contributed by atoms with Crippen molar-refractivity contribution < 1.29 is 4.79 Å². The lowest BCUT2D eigenvalue weighted by molar-refractivity contribution is -0.114. The molecule has 1 aromatic rings. The van der Waals surface area contributed by atoms with Crippen molar-refractivity contribution in [2.24, 2.45) is 0 Å². The summed E-state index contributed by atoms with van der Waals surface area (Å²) in [5.74, 6) is 0.321. The van der Waals surface area contributed by atoms with Crippen LogP contribution in [0.1, 0.15) is 11.9 Å². The maximum atomic E-state index is 10.6. The molecule has 0 radical (unpaired) electrons. The number of nitrogens with zero attached hydrogens (tertiary/aromatic N) is 1. The Labute approximate surface area is 68.4 Å². The summed E-state index contributed by atoms with van der Waals surface area (Å²) in [4.78, 5) is 14.6. The minimum absolute atomic E-state index is 0.151. The summed E-state index contributed by atoms with van der Waals surface area (Å²) in [5.41, 5.74) is 5.53. The van der Waals surface area contributed by atoms with Crippen molar-refractivity contribution in [1.82, 2.24) is 4.98 Å². The zero-order chi connectivity index (χ0) is 8.43. The summed E-state index contributed by atoms with van der Waals surface area (Å²) in [7, 11) is 0. The Morgan fingerprint density at radius 2 is 2.36 bits per heavy atom. The van der Waals surface area contributed by atoms with E-state index in [1.807, 2.05) is 6.92 Å². The third-order valence-corrected chi connectivity index (χ3v) is 1.85. The molecule has 0 fully saturated rings. The van der Waals surface area contributed by atoms with Gasteiger partial charge in [-0.25, -0.2) is 4.98 Å². The molecule has 60 valence electrons. The van der Waals surface area contributed by atoms with Crippen molar-refractivity contribution in [2.75, 3.05) is 11.1 Å². The quantitative estimate of drug-likeness (QED) is 0.662. The highest BCUT2D eigenvalue weighted by molar-refractivity contribution is 7.16. The maximum absolute atomic E-state index is 10.6. The van der Waals surface area contributed by atoms with E-state index in [-0.39, 0.29) is 5.91 Å². The smallest absolute Gasteiger partial charge is 0.222 e. The van der Waals surface area contributed by atoms with Crippen LogP contribution in [0.4, 0.5) is 10.8 Å². The second kappa shape index (κ2) is 2.87. The monoisotopic (exact) mass is 171 g/mol. The van der Waals surface area contributed by atoms with E-state index in [0.29, 0.717) is 10.8 Å². The third-order valence-electron chi connectivity index (χ3n) is 1.05. The molecule has 4 nitrogen and oxygen atoms in total. The van der Waals surface area contributed by atoms with Gasteiger partial charge in [-0.05, 0) is 6.92 Å². The first-order valence-electron chi connectivity index (χ1n) is 3.10. The molecule has 1 aromatic heterocycles. The van der Waals surface area contributed by atoms with Crippen molar-refractivity contribution in [3.05, 3.63) is 5.01 Å². The number of rotatable bonds is 1. The molecular formula is C6H9N3OS. The molecule has 0 aliphatic rings. The van der Waals surface area contributed by atoms with E-state index in [1.54, 1.807) is 0 Å². The minimum atomic E-state index is -0.151. The zero-order valence-corrected chi connectivity index (χ0v) is 7.16. The molecule has 0 spiro atoms. The van der Waals surface area contributed by atoms with Crippen LogP contribution in [0.3, 0.4) is 0 Å². The van der Waals surface area contributed by atoms with Crippen molar-refractivity contribution in [3.63, 3.8) is 0 Å². The zero-order valence-electron chi connectivity index (χ0n) is 6.34. The van der Waals surface area contributed by atoms with Crippen LogP contribution in [0.2, 0.25) is 0 Å². The first-order valence-corrected chi connectivity index (χ1v) is 3.91. The van der Waals surface area contributed by atoms with Crippen LogP contribution in [0.5, 0.6) is 0 Å². The lowest BCUT2D eigenvalue weighted by atomic mass is 10.6. The number of thiazole rings is 1. The highest BCUT2D eigenvalue weighted by Gasteiger charge is 2.05. The number of aromatic nitrogens is 1. The predicted molar refractivity (Wildman–Crippen MR) is 45.6 cm³/mol. The van der Waals surface area contributed by atoms with E-state index in [9.17, 15) is 4.79 Å². The average molecular weight is 171 g/mol. The highest BCUT2D eigenvalue weighted by atomic mass is 32.1. The SMILES string of the molecule is CC(=O)Nc1nc(C)sc1N. The Bertz CT molecular complexity index is 281. The molecule has 0 aliphatic heterocycles. The number of aryl methyl sites for hydroxylation is 1. The van der Waals surface area contributed by atoms with Gasteiger partial charge in [0.1, 0.15) is 5.00 Å². The van der Waals surface area contributed by atoms with E-state index >= 15 is 0 Å². The third kappa shape index (κ3) is 1.91. The average Bonchev–Trinajstić information content (AvgIpc) is 2.09. The number of nitrogen functional groups attached to an aromatic ring is 1. The van der Waals surface area contributed by atoms with Gasteiger partial charge in [0.05, 0.1) is 5.01 Å². The Morgan fingerprint density at radius 3 is 2.73 bits per heavy atom. The Balaban J connectivity index is 2.85. The molecule has 1 rings (SSSR count). The predicted octanol–water partition coefficient (Wildman–Crippen LogP) is 0.992. The number of carbonyl (C=O) groups excluding carboxylic acids is 1. The first-order chi connectivity index (χ1) is 5.09. The van der Waals surface area contributed by atoms with Gasteiger partial charge in [-0.3, -0.25) is 4.79 Å². The van der Waals surface area contributed by atoms with Crippen LogP contribution < -0.4 is 11.1 Å².